The maximum absolute atomic E-state index is 4.66. The standard InChI is InChI=1S/C23H33N/c1-22(2,3)15-13-18-10-9-11-19(14-16-23(4,5)6)21(18)20-12-7-8-17-24-20/h7-12,17H,13-16H2,1-6H3. The molecule has 0 aliphatic heterocycles. The lowest BCUT2D eigenvalue weighted by Gasteiger charge is -2.22. The van der Waals surface area contributed by atoms with E-state index in [9.17, 15) is 0 Å². The van der Waals surface area contributed by atoms with Crippen LogP contribution in [0.15, 0.2) is 42.6 Å². The third-order valence-electron chi connectivity index (χ3n) is 4.45. The van der Waals surface area contributed by atoms with E-state index in [0.717, 1.165) is 18.5 Å². The third-order valence-corrected chi connectivity index (χ3v) is 4.45. The van der Waals surface area contributed by atoms with Gasteiger partial charge in [-0.25, -0.2) is 0 Å². The molecule has 0 aliphatic rings. The summed E-state index contributed by atoms with van der Waals surface area (Å²) in [6.45, 7) is 13.9. The zero-order valence-corrected chi connectivity index (χ0v) is 16.3. The van der Waals surface area contributed by atoms with Crippen molar-refractivity contribution in [1.82, 2.24) is 4.98 Å². The van der Waals surface area contributed by atoms with Crippen molar-refractivity contribution in [3.05, 3.63) is 53.7 Å². The van der Waals surface area contributed by atoms with Gasteiger partial charge in [0.05, 0.1) is 5.69 Å². The maximum atomic E-state index is 4.66. The molecule has 130 valence electrons. The van der Waals surface area contributed by atoms with Crippen LogP contribution in [0, 0.1) is 10.8 Å². The minimum atomic E-state index is 0.350. The number of rotatable bonds is 5. The molecular formula is C23H33N. The van der Waals surface area contributed by atoms with Crippen LogP contribution in [-0.2, 0) is 12.8 Å². The van der Waals surface area contributed by atoms with E-state index in [-0.39, 0.29) is 0 Å². The van der Waals surface area contributed by atoms with Gasteiger partial charge in [-0.1, -0.05) is 65.8 Å². The van der Waals surface area contributed by atoms with Crippen LogP contribution in [0.1, 0.15) is 65.5 Å². The first kappa shape index (κ1) is 18.7. The van der Waals surface area contributed by atoms with E-state index < -0.39 is 0 Å². The molecule has 0 saturated heterocycles. The van der Waals surface area contributed by atoms with Gasteiger partial charge in [-0.05, 0) is 59.8 Å². The Morgan fingerprint density at radius 2 is 1.25 bits per heavy atom. The summed E-state index contributed by atoms with van der Waals surface area (Å²) in [7, 11) is 0. The number of benzene rings is 1. The summed E-state index contributed by atoms with van der Waals surface area (Å²) < 4.78 is 0. The summed E-state index contributed by atoms with van der Waals surface area (Å²) in [6.07, 6.45) is 6.51. The lowest BCUT2D eigenvalue weighted by molar-refractivity contribution is 0.376. The van der Waals surface area contributed by atoms with Crippen LogP contribution in [-0.4, -0.2) is 4.98 Å². The zero-order chi connectivity index (χ0) is 17.8. The minimum absolute atomic E-state index is 0.350. The topological polar surface area (TPSA) is 12.9 Å². The zero-order valence-electron chi connectivity index (χ0n) is 16.3. The van der Waals surface area contributed by atoms with Gasteiger partial charge in [0, 0.05) is 11.8 Å². The van der Waals surface area contributed by atoms with Crippen LogP contribution in [0.5, 0.6) is 0 Å². The Balaban J connectivity index is 2.39. The Morgan fingerprint density at radius 1 is 0.708 bits per heavy atom. The molecule has 1 aromatic heterocycles. The van der Waals surface area contributed by atoms with Crippen molar-refractivity contribution < 1.29 is 0 Å². The van der Waals surface area contributed by atoms with Crippen molar-refractivity contribution in [3.8, 4) is 11.3 Å². The lowest BCUT2D eigenvalue weighted by atomic mass is 9.83. The van der Waals surface area contributed by atoms with Crippen molar-refractivity contribution in [1.29, 1.82) is 0 Å². The molecule has 0 N–H and O–H groups in total. The Bertz CT molecular complexity index is 606. The SMILES string of the molecule is CC(C)(C)CCc1cccc(CCC(C)(C)C)c1-c1ccccn1. The molecular weight excluding hydrogens is 290 g/mol. The summed E-state index contributed by atoms with van der Waals surface area (Å²) in [5, 5.41) is 0. The highest BCUT2D eigenvalue weighted by molar-refractivity contribution is 5.68. The van der Waals surface area contributed by atoms with Gasteiger partial charge in [-0.15, -0.1) is 0 Å². The molecule has 0 saturated carbocycles. The van der Waals surface area contributed by atoms with E-state index >= 15 is 0 Å². The summed E-state index contributed by atoms with van der Waals surface area (Å²) in [5.74, 6) is 0. The van der Waals surface area contributed by atoms with E-state index in [4.69, 9.17) is 0 Å². The minimum Gasteiger partial charge on any atom is -0.256 e. The van der Waals surface area contributed by atoms with Gasteiger partial charge in [-0.2, -0.15) is 0 Å². The second kappa shape index (κ2) is 7.51. The van der Waals surface area contributed by atoms with Crippen molar-refractivity contribution in [3.63, 3.8) is 0 Å². The highest BCUT2D eigenvalue weighted by atomic mass is 14.7. The number of nitrogens with zero attached hydrogens (tertiary/aromatic N) is 1. The number of pyridine rings is 1. The molecule has 0 unspecified atom stereocenters. The van der Waals surface area contributed by atoms with Gasteiger partial charge < -0.3 is 0 Å². The Kier molecular flexibility index (Phi) is 5.85. The van der Waals surface area contributed by atoms with E-state index in [1.54, 1.807) is 0 Å². The Hall–Kier alpha value is -1.63. The molecule has 1 nitrogen and oxygen atoms in total. The normalized spacial score (nSPS) is 12.4. The highest BCUT2D eigenvalue weighted by Crippen LogP contribution is 2.32. The highest BCUT2D eigenvalue weighted by Gasteiger charge is 2.17. The van der Waals surface area contributed by atoms with Gasteiger partial charge in [0.15, 0.2) is 0 Å². The van der Waals surface area contributed by atoms with Crippen LogP contribution in [0.3, 0.4) is 0 Å². The quantitative estimate of drug-likeness (QED) is 0.596. The molecule has 0 bridgehead atoms. The number of hydrogen-bond donors (Lipinski definition) is 0. The molecule has 0 fully saturated rings. The van der Waals surface area contributed by atoms with E-state index in [1.165, 1.54) is 29.5 Å². The maximum Gasteiger partial charge on any atom is 0.0707 e. The first-order valence-corrected chi connectivity index (χ1v) is 9.18. The van der Waals surface area contributed by atoms with Gasteiger partial charge in [0.2, 0.25) is 0 Å². The molecule has 0 atom stereocenters. The van der Waals surface area contributed by atoms with Crippen LogP contribution in [0.25, 0.3) is 11.3 Å². The molecule has 2 aromatic rings. The fraction of sp³-hybridized carbons (Fsp3) is 0.522. The van der Waals surface area contributed by atoms with Gasteiger partial charge in [-0.3, -0.25) is 4.98 Å². The summed E-state index contributed by atoms with van der Waals surface area (Å²) in [6, 6.07) is 13.0. The van der Waals surface area contributed by atoms with Crippen LogP contribution < -0.4 is 0 Å². The predicted molar refractivity (Wildman–Crippen MR) is 105 cm³/mol. The average Bonchev–Trinajstić information content (AvgIpc) is 2.50. The van der Waals surface area contributed by atoms with Crippen molar-refractivity contribution >= 4 is 0 Å². The molecule has 24 heavy (non-hydrogen) atoms. The molecule has 0 amide bonds. The molecule has 0 aliphatic carbocycles. The van der Waals surface area contributed by atoms with E-state index in [2.05, 4.69) is 76.9 Å². The van der Waals surface area contributed by atoms with E-state index in [1.807, 2.05) is 12.3 Å². The fourth-order valence-electron chi connectivity index (χ4n) is 2.93. The summed E-state index contributed by atoms with van der Waals surface area (Å²) in [4.78, 5) is 4.66. The lowest BCUT2D eigenvalue weighted by Crippen LogP contribution is -2.09. The smallest absolute Gasteiger partial charge is 0.0707 e. The third kappa shape index (κ3) is 5.78. The monoisotopic (exact) mass is 323 g/mol. The average molecular weight is 324 g/mol. The van der Waals surface area contributed by atoms with Crippen LogP contribution in [0.2, 0.25) is 0 Å². The second-order valence-corrected chi connectivity index (χ2v) is 9.29. The Morgan fingerprint density at radius 3 is 1.67 bits per heavy atom. The molecule has 0 spiro atoms. The molecule has 0 radical (unpaired) electrons. The predicted octanol–water partition coefficient (Wildman–Crippen LogP) is 6.71. The van der Waals surface area contributed by atoms with Gasteiger partial charge in [0.25, 0.3) is 0 Å². The fourth-order valence-corrected chi connectivity index (χ4v) is 2.93. The number of aromatic nitrogens is 1. The Labute approximate surface area is 148 Å². The molecule has 1 heteroatoms. The summed E-state index contributed by atoms with van der Waals surface area (Å²) >= 11 is 0. The van der Waals surface area contributed by atoms with E-state index in [0.29, 0.717) is 10.8 Å². The van der Waals surface area contributed by atoms with Crippen LogP contribution >= 0.6 is 0 Å². The summed E-state index contributed by atoms with van der Waals surface area (Å²) in [5.41, 5.74) is 6.06. The van der Waals surface area contributed by atoms with Crippen molar-refractivity contribution in [2.75, 3.05) is 0 Å². The molecule has 2 rings (SSSR count). The largest absolute Gasteiger partial charge is 0.256 e. The van der Waals surface area contributed by atoms with Gasteiger partial charge in [0.1, 0.15) is 0 Å². The number of hydrogen-bond acceptors (Lipinski definition) is 1. The first-order valence-electron chi connectivity index (χ1n) is 9.18. The van der Waals surface area contributed by atoms with Gasteiger partial charge >= 0.3 is 0 Å². The molecule has 1 heterocycles. The van der Waals surface area contributed by atoms with Crippen molar-refractivity contribution in [2.24, 2.45) is 10.8 Å². The van der Waals surface area contributed by atoms with Crippen molar-refractivity contribution in [2.45, 2.75) is 67.2 Å². The number of aryl methyl sites for hydroxylation is 2. The second-order valence-electron chi connectivity index (χ2n) is 9.29. The first-order chi connectivity index (χ1) is 11.2. The molecule has 1 aromatic carbocycles. The van der Waals surface area contributed by atoms with Crippen LogP contribution in [0.4, 0.5) is 0 Å².